The first-order valence-electron chi connectivity index (χ1n) is 9.59. The van der Waals surface area contributed by atoms with Gasteiger partial charge in [0, 0.05) is 29.6 Å². The predicted molar refractivity (Wildman–Crippen MR) is 118 cm³/mol. The number of aromatic nitrogens is 3. The number of nitrogens with zero attached hydrogens (tertiary/aromatic N) is 5. The molecule has 2 heterocycles. The predicted octanol–water partition coefficient (Wildman–Crippen LogP) is 3.93. The number of thioether (sulfide) groups is 1. The molecule has 0 bridgehead atoms. The Morgan fingerprint density at radius 1 is 1.39 bits per heavy atom. The highest BCUT2D eigenvalue weighted by Crippen LogP contribution is 2.37. The summed E-state index contributed by atoms with van der Waals surface area (Å²) in [6, 6.07) is 8.41. The highest BCUT2D eigenvalue weighted by atomic mass is 32.2. The molecule has 0 saturated carbocycles. The molecule has 0 aliphatic heterocycles. The second-order valence-electron chi connectivity index (χ2n) is 7.04. The summed E-state index contributed by atoms with van der Waals surface area (Å²) in [5.74, 6) is 0.359. The van der Waals surface area contributed by atoms with Crippen molar-refractivity contribution in [3.05, 3.63) is 50.4 Å². The number of non-ortho nitro benzene ring substituents is 1. The Hall–Kier alpha value is -3.23. The molecule has 2 aromatic heterocycles. The van der Waals surface area contributed by atoms with Crippen LogP contribution in [0.15, 0.2) is 29.4 Å². The number of nitro groups is 1. The summed E-state index contributed by atoms with van der Waals surface area (Å²) in [6.07, 6.45) is 4.03. The maximum absolute atomic E-state index is 12.5. The van der Waals surface area contributed by atoms with E-state index < -0.39 is 4.92 Å². The van der Waals surface area contributed by atoms with Crippen molar-refractivity contribution in [2.24, 2.45) is 7.05 Å². The molecule has 0 fully saturated rings. The zero-order valence-electron chi connectivity index (χ0n) is 16.6. The van der Waals surface area contributed by atoms with Crippen LogP contribution in [0.1, 0.15) is 28.8 Å². The fraction of sp³-hybridized carbons (Fsp3) is 0.300. The number of fused-ring (bicyclic) bond motifs is 1. The fourth-order valence-electron chi connectivity index (χ4n) is 3.52. The molecule has 0 atom stereocenters. The maximum atomic E-state index is 12.5. The van der Waals surface area contributed by atoms with E-state index in [2.05, 4.69) is 21.6 Å². The van der Waals surface area contributed by atoms with E-state index in [1.165, 1.54) is 40.1 Å². The summed E-state index contributed by atoms with van der Waals surface area (Å²) in [5, 5.41) is 32.8. The average Bonchev–Trinajstić information content (AvgIpc) is 3.31. The Balaban J connectivity index is 1.44. The van der Waals surface area contributed by atoms with Crippen molar-refractivity contribution in [1.29, 1.82) is 5.26 Å². The van der Waals surface area contributed by atoms with Gasteiger partial charge in [0.25, 0.3) is 5.69 Å². The third-order valence-electron chi connectivity index (χ3n) is 5.02. The van der Waals surface area contributed by atoms with Gasteiger partial charge >= 0.3 is 0 Å². The standard InChI is InChI=1S/C20H18N6O3S2/c1-25-18(12-5-4-6-13(9-12)26(28)29)23-24-20(25)30-11-17(27)22-19-15(10-21)14-7-2-3-8-16(14)31-19/h4-6,9H,2-3,7-8,11H2,1H3,(H,22,27). The lowest BCUT2D eigenvalue weighted by atomic mass is 9.96. The second-order valence-corrected chi connectivity index (χ2v) is 9.08. The smallest absolute Gasteiger partial charge is 0.270 e. The highest BCUT2D eigenvalue weighted by molar-refractivity contribution is 7.99. The molecule has 0 spiro atoms. The van der Waals surface area contributed by atoms with Crippen molar-refractivity contribution in [3.8, 4) is 17.5 Å². The van der Waals surface area contributed by atoms with Gasteiger partial charge in [-0.05, 0) is 31.2 Å². The van der Waals surface area contributed by atoms with Crippen molar-refractivity contribution < 1.29 is 9.72 Å². The lowest BCUT2D eigenvalue weighted by Crippen LogP contribution is -2.14. The number of carbonyl (C=O) groups excluding carboxylic acids is 1. The fourth-order valence-corrected chi connectivity index (χ4v) is 5.48. The summed E-state index contributed by atoms with van der Waals surface area (Å²) in [7, 11) is 1.75. The van der Waals surface area contributed by atoms with Gasteiger partial charge in [-0.1, -0.05) is 23.9 Å². The van der Waals surface area contributed by atoms with Gasteiger partial charge in [0.2, 0.25) is 5.91 Å². The Bertz CT molecular complexity index is 1210. The molecule has 3 aromatic rings. The average molecular weight is 455 g/mol. The number of rotatable bonds is 6. The number of benzene rings is 1. The largest absolute Gasteiger partial charge is 0.316 e. The Morgan fingerprint density at radius 3 is 2.97 bits per heavy atom. The van der Waals surface area contributed by atoms with E-state index in [0.717, 1.165) is 31.2 Å². The van der Waals surface area contributed by atoms with Gasteiger partial charge < -0.3 is 9.88 Å². The molecule has 158 valence electrons. The van der Waals surface area contributed by atoms with Crippen LogP contribution in [0, 0.1) is 21.4 Å². The van der Waals surface area contributed by atoms with Crippen molar-refractivity contribution in [1.82, 2.24) is 14.8 Å². The molecule has 11 heteroatoms. The van der Waals surface area contributed by atoms with E-state index in [4.69, 9.17) is 0 Å². The van der Waals surface area contributed by atoms with Crippen LogP contribution in [-0.4, -0.2) is 31.3 Å². The topological polar surface area (TPSA) is 127 Å². The number of amides is 1. The van der Waals surface area contributed by atoms with Gasteiger partial charge in [0.1, 0.15) is 11.1 Å². The number of hydrogen-bond donors (Lipinski definition) is 1. The number of thiophene rings is 1. The van der Waals surface area contributed by atoms with Crippen LogP contribution < -0.4 is 5.32 Å². The lowest BCUT2D eigenvalue weighted by molar-refractivity contribution is -0.384. The van der Waals surface area contributed by atoms with E-state index >= 15 is 0 Å². The van der Waals surface area contributed by atoms with Crippen LogP contribution in [0.3, 0.4) is 0 Å². The second kappa shape index (κ2) is 8.87. The monoisotopic (exact) mass is 454 g/mol. The van der Waals surface area contributed by atoms with Gasteiger partial charge in [-0.2, -0.15) is 5.26 Å². The summed E-state index contributed by atoms with van der Waals surface area (Å²) in [6.45, 7) is 0. The first kappa shape index (κ1) is 21.0. The van der Waals surface area contributed by atoms with Crippen LogP contribution in [0.4, 0.5) is 10.7 Å². The summed E-state index contributed by atoms with van der Waals surface area (Å²) in [4.78, 5) is 24.2. The van der Waals surface area contributed by atoms with Crippen LogP contribution in [0.2, 0.25) is 0 Å². The number of nitro benzene ring substituents is 1. The van der Waals surface area contributed by atoms with Gasteiger partial charge in [0.05, 0.1) is 16.2 Å². The summed E-state index contributed by atoms with van der Waals surface area (Å²) >= 11 is 2.71. The number of anilines is 1. The van der Waals surface area contributed by atoms with E-state index in [1.54, 1.807) is 23.7 Å². The minimum atomic E-state index is -0.461. The van der Waals surface area contributed by atoms with Crippen LogP contribution >= 0.6 is 23.1 Å². The Labute approximate surface area is 186 Å². The molecule has 31 heavy (non-hydrogen) atoms. The van der Waals surface area contributed by atoms with Crippen LogP contribution in [0.5, 0.6) is 0 Å². The third kappa shape index (κ3) is 4.30. The van der Waals surface area contributed by atoms with Gasteiger partial charge in [-0.15, -0.1) is 21.5 Å². The number of carbonyl (C=O) groups is 1. The van der Waals surface area contributed by atoms with Gasteiger partial charge in [-0.3, -0.25) is 14.9 Å². The maximum Gasteiger partial charge on any atom is 0.270 e. The molecular weight excluding hydrogens is 436 g/mol. The summed E-state index contributed by atoms with van der Waals surface area (Å²) in [5.41, 5.74) is 2.21. The first-order valence-corrected chi connectivity index (χ1v) is 11.4. The molecule has 1 aliphatic carbocycles. The molecule has 0 unspecified atom stereocenters. The molecule has 1 amide bonds. The molecule has 9 nitrogen and oxygen atoms in total. The van der Waals surface area contributed by atoms with Gasteiger partial charge in [-0.25, -0.2) is 0 Å². The number of nitriles is 1. The van der Waals surface area contributed by atoms with Crippen molar-refractivity contribution in [2.75, 3.05) is 11.1 Å². The quantitative estimate of drug-likeness (QED) is 0.339. The zero-order valence-corrected chi connectivity index (χ0v) is 18.3. The third-order valence-corrected chi connectivity index (χ3v) is 7.25. The molecule has 1 aliphatic rings. The Morgan fingerprint density at radius 2 is 2.19 bits per heavy atom. The van der Waals surface area contributed by atoms with E-state index in [9.17, 15) is 20.2 Å². The zero-order chi connectivity index (χ0) is 22.0. The molecule has 1 N–H and O–H groups in total. The van der Waals surface area contributed by atoms with Crippen LogP contribution in [0.25, 0.3) is 11.4 Å². The highest BCUT2D eigenvalue weighted by Gasteiger charge is 2.22. The van der Waals surface area contributed by atoms with Crippen molar-refractivity contribution >= 4 is 39.7 Å². The molecule has 4 rings (SSSR count). The lowest BCUT2D eigenvalue weighted by Gasteiger charge is -2.09. The minimum Gasteiger partial charge on any atom is -0.316 e. The van der Waals surface area contributed by atoms with Gasteiger partial charge in [0.15, 0.2) is 11.0 Å². The number of aryl methyl sites for hydroxylation is 1. The summed E-state index contributed by atoms with van der Waals surface area (Å²) < 4.78 is 1.70. The van der Waals surface area contributed by atoms with E-state index in [-0.39, 0.29) is 17.3 Å². The number of nitrogens with one attached hydrogen (secondary N) is 1. The molecule has 0 radical (unpaired) electrons. The molecule has 1 aromatic carbocycles. The molecule has 0 saturated heterocycles. The first-order chi connectivity index (χ1) is 15.0. The van der Waals surface area contributed by atoms with E-state index in [1.807, 2.05) is 0 Å². The normalized spacial score (nSPS) is 12.8. The Kier molecular flexibility index (Phi) is 6.01. The van der Waals surface area contributed by atoms with Crippen molar-refractivity contribution in [3.63, 3.8) is 0 Å². The van der Waals surface area contributed by atoms with E-state index in [0.29, 0.717) is 27.1 Å². The SMILES string of the molecule is Cn1c(SCC(=O)Nc2sc3c(c2C#N)CCCC3)nnc1-c1cccc([N+](=O)[O-])c1. The minimum absolute atomic E-state index is 0.0268. The molecular formula is C20H18N6O3S2. The van der Waals surface area contributed by atoms with Crippen LogP contribution in [-0.2, 0) is 24.7 Å². The number of hydrogen-bond acceptors (Lipinski definition) is 8. The van der Waals surface area contributed by atoms with Crippen molar-refractivity contribution in [2.45, 2.75) is 30.8 Å².